The van der Waals surface area contributed by atoms with Crippen molar-refractivity contribution < 1.29 is 4.74 Å². The summed E-state index contributed by atoms with van der Waals surface area (Å²) in [7, 11) is 1.77. The predicted octanol–water partition coefficient (Wildman–Crippen LogP) is 2.31. The van der Waals surface area contributed by atoms with Crippen molar-refractivity contribution in [3.8, 4) is 0 Å². The molecule has 1 saturated heterocycles. The molecular weight excluding hydrogens is 311 g/mol. The molecule has 1 N–H and O–H groups in total. The Morgan fingerprint density at radius 3 is 2.71 bits per heavy atom. The van der Waals surface area contributed by atoms with Gasteiger partial charge in [0.1, 0.15) is 18.2 Å². The van der Waals surface area contributed by atoms with E-state index in [4.69, 9.17) is 4.74 Å². The van der Waals surface area contributed by atoms with Crippen molar-refractivity contribution in [2.75, 3.05) is 31.6 Å². The number of piperazine rings is 1. The van der Waals surface area contributed by atoms with E-state index >= 15 is 0 Å². The number of hydrogen-bond acceptors (Lipinski definition) is 5. The van der Waals surface area contributed by atoms with Gasteiger partial charge in [0.05, 0.1) is 5.69 Å². The minimum absolute atomic E-state index is 0. The number of anilines is 1. The van der Waals surface area contributed by atoms with Crippen LogP contribution in [-0.4, -0.2) is 42.8 Å². The number of nitrogens with zero attached hydrogens (tertiary/aromatic N) is 3. The van der Waals surface area contributed by atoms with Crippen LogP contribution in [0.1, 0.15) is 43.5 Å². The second-order valence-electron chi connectivity index (χ2n) is 5.60. The first-order valence-corrected chi connectivity index (χ1v) is 7.07. The zero-order valence-corrected chi connectivity index (χ0v) is 14.3. The fourth-order valence-corrected chi connectivity index (χ4v) is 3.27. The van der Waals surface area contributed by atoms with Crippen molar-refractivity contribution in [1.29, 1.82) is 0 Å². The summed E-state index contributed by atoms with van der Waals surface area (Å²) in [4.78, 5) is 11.4. The lowest BCUT2D eigenvalue weighted by atomic mass is 10.0. The molecule has 0 bridgehead atoms. The summed E-state index contributed by atoms with van der Waals surface area (Å²) in [6, 6.07) is 0.474. The first-order chi connectivity index (χ1) is 9.22. The fraction of sp³-hybridized carbons (Fsp3) is 0.714. The van der Waals surface area contributed by atoms with Crippen LogP contribution in [0.5, 0.6) is 0 Å². The molecule has 0 unspecified atom stereocenters. The maximum atomic E-state index is 5.56. The smallest absolute Gasteiger partial charge is 0.136 e. The maximum absolute atomic E-state index is 5.56. The molecule has 120 valence electrons. The Bertz CT molecular complexity index is 474. The van der Waals surface area contributed by atoms with E-state index < -0.39 is 0 Å². The maximum Gasteiger partial charge on any atom is 0.136 e. The molecule has 0 aromatic carbocycles. The SMILES string of the molecule is CO[C@@H]1C[C@@H](C)c2c1ncnc2N1CCNC[C@@H]1C.Cl.Cl. The van der Waals surface area contributed by atoms with Gasteiger partial charge in [-0.25, -0.2) is 9.97 Å². The van der Waals surface area contributed by atoms with Gasteiger partial charge in [0.15, 0.2) is 0 Å². The second kappa shape index (κ2) is 7.58. The van der Waals surface area contributed by atoms with Crippen LogP contribution < -0.4 is 10.2 Å². The van der Waals surface area contributed by atoms with Crippen LogP contribution in [0.15, 0.2) is 6.33 Å². The number of aromatic nitrogens is 2. The standard InChI is InChI=1S/C14H22N4O.2ClH/c1-9-6-11(19-3)13-12(9)14(17-8-16-13)18-5-4-15-7-10(18)2;;/h8-11,15H,4-7H2,1-3H3;2*1H/t9-,10+,11-;;/m1../s1. The van der Waals surface area contributed by atoms with Crippen LogP contribution in [0.25, 0.3) is 0 Å². The number of methoxy groups -OCH3 is 1. The summed E-state index contributed by atoms with van der Waals surface area (Å²) < 4.78 is 5.56. The molecule has 1 aliphatic heterocycles. The highest BCUT2D eigenvalue weighted by molar-refractivity contribution is 5.85. The van der Waals surface area contributed by atoms with E-state index in [1.165, 1.54) is 5.56 Å². The average molecular weight is 335 g/mol. The molecule has 2 aliphatic rings. The highest BCUT2D eigenvalue weighted by Gasteiger charge is 2.35. The van der Waals surface area contributed by atoms with E-state index in [1.807, 2.05) is 0 Å². The van der Waals surface area contributed by atoms with Crippen LogP contribution in [0.3, 0.4) is 0 Å². The van der Waals surface area contributed by atoms with Crippen molar-refractivity contribution >= 4 is 30.6 Å². The van der Waals surface area contributed by atoms with Gasteiger partial charge in [-0.05, 0) is 19.3 Å². The van der Waals surface area contributed by atoms with Gasteiger partial charge < -0.3 is 15.0 Å². The van der Waals surface area contributed by atoms with Crippen molar-refractivity contribution in [1.82, 2.24) is 15.3 Å². The Kier molecular flexibility index (Phi) is 6.66. The van der Waals surface area contributed by atoms with Crippen LogP contribution >= 0.6 is 24.8 Å². The van der Waals surface area contributed by atoms with Crippen molar-refractivity contribution in [3.05, 3.63) is 17.6 Å². The lowest BCUT2D eigenvalue weighted by Gasteiger charge is -2.36. The first-order valence-electron chi connectivity index (χ1n) is 7.07. The molecule has 3 atom stereocenters. The third-order valence-electron chi connectivity index (χ3n) is 4.32. The molecule has 1 aliphatic carbocycles. The summed E-state index contributed by atoms with van der Waals surface area (Å²) in [6.07, 6.45) is 2.83. The number of ether oxygens (including phenoxy) is 1. The molecule has 2 heterocycles. The molecule has 1 aromatic rings. The molecule has 0 saturated carbocycles. The largest absolute Gasteiger partial charge is 0.375 e. The molecule has 0 amide bonds. The van der Waals surface area contributed by atoms with Gasteiger partial charge in [-0.15, -0.1) is 24.8 Å². The number of fused-ring (bicyclic) bond motifs is 1. The lowest BCUT2D eigenvalue weighted by molar-refractivity contribution is 0.0982. The van der Waals surface area contributed by atoms with E-state index in [9.17, 15) is 0 Å². The summed E-state index contributed by atoms with van der Waals surface area (Å²) >= 11 is 0. The summed E-state index contributed by atoms with van der Waals surface area (Å²) in [5.41, 5.74) is 2.38. The highest BCUT2D eigenvalue weighted by Crippen LogP contribution is 2.44. The topological polar surface area (TPSA) is 50.3 Å². The average Bonchev–Trinajstić information content (AvgIpc) is 2.76. The van der Waals surface area contributed by atoms with E-state index in [1.54, 1.807) is 13.4 Å². The van der Waals surface area contributed by atoms with Gasteiger partial charge in [0, 0.05) is 38.3 Å². The molecule has 0 radical (unpaired) electrons. The molecular formula is C14H24Cl2N4O. The van der Waals surface area contributed by atoms with Crippen molar-refractivity contribution in [3.63, 3.8) is 0 Å². The molecule has 3 rings (SSSR count). The summed E-state index contributed by atoms with van der Waals surface area (Å²) in [5, 5.41) is 3.42. The van der Waals surface area contributed by atoms with Crippen molar-refractivity contribution in [2.24, 2.45) is 0 Å². The first kappa shape index (κ1) is 18.4. The third kappa shape index (κ3) is 3.26. The monoisotopic (exact) mass is 334 g/mol. The number of nitrogens with one attached hydrogen (secondary N) is 1. The lowest BCUT2D eigenvalue weighted by Crippen LogP contribution is -2.50. The zero-order valence-electron chi connectivity index (χ0n) is 12.7. The number of hydrogen-bond donors (Lipinski definition) is 1. The van der Waals surface area contributed by atoms with Crippen LogP contribution in [-0.2, 0) is 4.74 Å². The quantitative estimate of drug-likeness (QED) is 0.899. The van der Waals surface area contributed by atoms with Gasteiger partial charge >= 0.3 is 0 Å². The predicted molar refractivity (Wildman–Crippen MR) is 89.0 cm³/mol. The van der Waals surface area contributed by atoms with Gasteiger partial charge in [0.2, 0.25) is 0 Å². The van der Waals surface area contributed by atoms with E-state index in [-0.39, 0.29) is 30.9 Å². The molecule has 7 heteroatoms. The van der Waals surface area contributed by atoms with Gasteiger partial charge in [-0.2, -0.15) is 0 Å². The minimum atomic E-state index is 0. The Morgan fingerprint density at radius 1 is 1.29 bits per heavy atom. The van der Waals surface area contributed by atoms with Crippen LogP contribution in [0.4, 0.5) is 5.82 Å². The van der Waals surface area contributed by atoms with Crippen LogP contribution in [0, 0.1) is 0 Å². The number of halogens is 2. The molecule has 0 spiro atoms. The molecule has 5 nitrogen and oxygen atoms in total. The highest BCUT2D eigenvalue weighted by atomic mass is 35.5. The Morgan fingerprint density at radius 2 is 2.05 bits per heavy atom. The van der Waals surface area contributed by atoms with Crippen molar-refractivity contribution in [2.45, 2.75) is 38.3 Å². The van der Waals surface area contributed by atoms with E-state index in [2.05, 4.69) is 34.0 Å². The van der Waals surface area contributed by atoms with E-state index in [0.717, 1.165) is 37.6 Å². The minimum Gasteiger partial charge on any atom is -0.375 e. The van der Waals surface area contributed by atoms with Crippen LogP contribution in [0.2, 0.25) is 0 Å². The Hall–Kier alpha value is -0.620. The number of rotatable bonds is 2. The van der Waals surface area contributed by atoms with Gasteiger partial charge in [0.25, 0.3) is 0 Å². The Labute approximate surface area is 138 Å². The molecule has 21 heavy (non-hydrogen) atoms. The van der Waals surface area contributed by atoms with Gasteiger partial charge in [-0.1, -0.05) is 6.92 Å². The Balaban J connectivity index is 0.00000110. The summed E-state index contributed by atoms with van der Waals surface area (Å²) in [5.74, 6) is 1.59. The second-order valence-corrected chi connectivity index (χ2v) is 5.60. The van der Waals surface area contributed by atoms with E-state index in [0.29, 0.717) is 12.0 Å². The fourth-order valence-electron chi connectivity index (χ4n) is 3.27. The molecule has 1 fully saturated rings. The zero-order chi connectivity index (χ0) is 13.4. The third-order valence-corrected chi connectivity index (χ3v) is 4.32. The molecule has 1 aromatic heterocycles. The normalized spacial score (nSPS) is 27.6. The summed E-state index contributed by atoms with van der Waals surface area (Å²) in [6.45, 7) is 7.53. The van der Waals surface area contributed by atoms with Gasteiger partial charge in [-0.3, -0.25) is 0 Å².